The van der Waals surface area contributed by atoms with Crippen molar-refractivity contribution in [3.63, 3.8) is 0 Å². The van der Waals surface area contributed by atoms with Crippen molar-refractivity contribution in [2.45, 2.75) is 24.5 Å². The first-order chi connectivity index (χ1) is 9.75. The van der Waals surface area contributed by atoms with Gasteiger partial charge in [-0.25, -0.2) is 0 Å². The molecule has 0 amide bonds. The van der Waals surface area contributed by atoms with Crippen molar-refractivity contribution in [1.29, 1.82) is 0 Å². The molecule has 1 aliphatic rings. The summed E-state index contributed by atoms with van der Waals surface area (Å²) in [5, 5.41) is 18.1. The second-order valence-corrected chi connectivity index (χ2v) is 7.27. The van der Waals surface area contributed by atoms with Crippen LogP contribution < -0.4 is 5.32 Å². The topological polar surface area (TPSA) is 41.5 Å². The van der Waals surface area contributed by atoms with Crippen LogP contribution in [0.5, 0.6) is 0 Å². The molecule has 0 saturated carbocycles. The standard InChI is InChI=1S/C15H19NO2S2/c17-15(5-6-18-11-15)10-16-13(14-4-2-8-20-14)9-12-3-1-7-19-12/h1-4,7-8,13,16-17H,5-6,9-11H2. The fraction of sp³-hybridized carbons (Fsp3) is 0.467. The molecule has 2 N–H and O–H groups in total. The molecule has 108 valence electrons. The number of thiophene rings is 2. The van der Waals surface area contributed by atoms with Crippen LogP contribution in [0.4, 0.5) is 0 Å². The number of aliphatic hydroxyl groups is 1. The van der Waals surface area contributed by atoms with Crippen LogP contribution in [-0.2, 0) is 11.2 Å². The van der Waals surface area contributed by atoms with Gasteiger partial charge in [0.05, 0.1) is 6.61 Å². The predicted octanol–water partition coefficient (Wildman–Crippen LogP) is 2.83. The fourth-order valence-electron chi connectivity index (χ4n) is 2.44. The van der Waals surface area contributed by atoms with Crippen LogP contribution in [0.1, 0.15) is 22.2 Å². The summed E-state index contributed by atoms with van der Waals surface area (Å²) in [5.74, 6) is 0. The molecule has 2 aromatic rings. The van der Waals surface area contributed by atoms with Gasteiger partial charge in [-0.15, -0.1) is 22.7 Å². The maximum atomic E-state index is 10.4. The van der Waals surface area contributed by atoms with Gasteiger partial charge in [-0.2, -0.15) is 0 Å². The first-order valence-corrected chi connectivity index (χ1v) is 8.60. The Hall–Kier alpha value is -0.720. The van der Waals surface area contributed by atoms with Gasteiger partial charge in [0.25, 0.3) is 0 Å². The third-order valence-electron chi connectivity index (χ3n) is 3.63. The number of nitrogens with one attached hydrogen (secondary N) is 1. The van der Waals surface area contributed by atoms with Gasteiger partial charge in [0.2, 0.25) is 0 Å². The Kier molecular flexibility index (Phi) is 4.53. The van der Waals surface area contributed by atoms with Crippen LogP contribution in [-0.4, -0.2) is 30.5 Å². The molecular weight excluding hydrogens is 290 g/mol. The SMILES string of the molecule is OC1(CNC(Cc2cccs2)c2cccs2)CCOC1. The van der Waals surface area contributed by atoms with E-state index >= 15 is 0 Å². The zero-order chi connectivity index (χ0) is 13.8. The van der Waals surface area contributed by atoms with Crippen molar-refractivity contribution in [1.82, 2.24) is 5.32 Å². The summed E-state index contributed by atoms with van der Waals surface area (Å²) in [4.78, 5) is 2.69. The Bertz CT molecular complexity index is 504. The quantitative estimate of drug-likeness (QED) is 0.862. The lowest BCUT2D eigenvalue weighted by Gasteiger charge is -2.25. The highest BCUT2D eigenvalue weighted by molar-refractivity contribution is 7.10. The van der Waals surface area contributed by atoms with Crippen molar-refractivity contribution >= 4 is 22.7 Å². The number of hydrogen-bond acceptors (Lipinski definition) is 5. The van der Waals surface area contributed by atoms with Crippen molar-refractivity contribution in [3.05, 3.63) is 44.8 Å². The highest BCUT2D eigenvalue weighted by Crippen LogP contribution is 2.26. The summed E-state index contributed by atoms with van der Waals surface area (Å²) in [6, 6.07) is 8.75. The lowest BCUT2D eigenvalue weighted by molar-refractivity contribution is 0.0248. The van der Waals surface area contributed by atoms with E-state index in [9.17, 15) is 5.11 Å². The molecule has 1 saturated heterocycles. The van der Waals surface area contributed by atoms with Crippen LogP contribution in [0, 0.1) is 0 Å². The third kappa shape index (κ3) is 3.48. The van der Waals surface area contributed by atoms with Gasteiger partial charge >= 0.3 is 0 Å². The highest BCUT2D eigenvalue weighted by atomic mass is 32.1. The molecular formula is C15H19NO2S2. The van der Waals surface area contributed by atoms with Gasteiger partial charge in [0.1, 0.15) is 5.60 Å². The van der Waals surface area contributed by atoms with Gasteiger partial charge in [0, 0.05) is 41.8 Å². The normalized spacial score (nSPS) is 24.1. The number of hydrogen-bond donors (Lipinski definition) is 2. The maximum absolute atomic E-state index is 10.4. The van der Waals surface area contributed by atoms with E-state index in [1.807, 2.05) is 0 Å². The van der Waals surface area contributed by atoms with E-state index in [1.165, 1.54) is 9.75 Å². The molecule has 3 nitrogen and oxygen atoms in total. The van der Waals surface area contributed by atoms with E-state index in [-0.39, 0.29) is 6.04 Å². The molecule has 3 rings (SSSR count). The second-order valence-electron chi connectivity index (χ2n) is 5.26. The molecule has 2 aromatic heterocycles. The van der Waals surface area contributed by atoms with E-state index < -0.39 is 5.60 Å². The lowest BCUT2D eigenvalue weighted by Crippen LogP contribution is -2.42. The van der Waals surface area contributed by atoms with Crippen LogP contribution >= 0.6 is 22.7 Å². The largest absolute Gasteiger partial charge is 0.386 e. The molecule has 1 aliphatic heterocycles. The first-order valence-electron chi connectivity index (χ1n) is 6.84. The van der Waals surface area contributed by atoms with E-state index in [0.29, 0.717) is 19.8 Å². The van der Waals surface area contributed by atoms with Crippen LogP contribution in [0.15, 0.2) is 35.0 Å². The summed E-state index contributed by atoms with van der Waals surface area (Å²) in [5.41, 5.74) is -0.703. The summed E-state index contributed by atoms with van der Waals surface area (Å²) >= 11 is 3.55. The van der Waals surface area contributed by atoms with Crippen molar-refractivity contribution < 1.29 is 9.84 Å². The third-order valence-corrected chi connectivity index (χ3v) is 5.52. The Labute approximate surface area is 127 Å². The van der Waals surface area contributed by atoms with Gasteiger partial charge in [0.15, 0.2) is 0 Å². The highest BCUT2D eigenvalue weighted by Gasteiger charge is 2.32. The zero-order valence-electron chi connectivity index (χ0n) is 11.2. The lowest BCUT2D eigenvalue weighted by atomic mass is 10.0. The molecule has 3 heterocycles. The van der Waals surface area contributed by atoms with Crippen molar-refractivity contribution in [2.24, 2.45) is 0 Å². The van der Waals surface area contributed by atoms with E-state index in [4.69, 9.17) is 4.74 Å². The minimum atomic E-state index is -0.703. The minimum Gasteiger partial charge on any atom is -0.386 e. The molecule has 0 bridgehead atoms. The molecule has 0 aliphatic carbocycles. The van der Waals surface area contributed by atoms with E-state index in [0.717, 1.165) is 12.8 Å². The van der Waals surface area contributed by atoms with Crippen molar-refractivity contribution in [2.75, 3.05) is 19.8 Å². The first kappa shape index (κ1) is 14.2. The summed E-state index contributed by atoms with van der Waals surface area (Å²) in [7, 11) is 0. The molecule has 5 heteroatoms. The number of ether oxygens (including phenoxy) is 1. The van der Waals surface area contributed by atoms with Gasteiger partial charge < -0.3 is 15.2 Å². The summed E-state index contributed by atoms with van der Waals surface area (Å²) in [6.07, 6.45) is 1.69. The van der Waals surface area contributed by atoms with Gasteiger partial charge in [-0.3, -0.25) is 0 Å². The van der Waals surface area contributed by atoms with Gasteiger partial charge in [-0.05, 0) is 22.9 Å². The summed E-state index contributed by atoms with van der Waals surface area (Å²) < 4.78 is 5.30. The monoisotopic (exact) mass is 309 g/mol. The Morgan fingerprint density at radius 2 is 2.15 bits per heavy atom. The van der Waals surface area contributed by atoms with Crippen LogP contribution in [0.2, 0.25) is 0 Å². The minimum absolute atomic E-state index is 0.262. The van der Waals surface area contributed by atoms with Crippen LogP contribution in [0.3, 0.4) is 0 Å². The maximum Gasteiger partial charge on any atom is 0.103 e. The second kappa shape index (κ2) is 6.37. The van der Waals surface area contributed by atoms with E-state index in [2.05, 4.69) is 40.3 Å². The van der Waals surface area contributed by atoms with Crippen LogP contribution in [0.25, 0.3) is 0 Å². The molecule has 2 unspecified atom stereocenters. The molecule has 1 fully saturated rings. The average Bonchev–Trinajstić information content (AvgIpc) is 3.17. The summed E-state index contributed by atoms with van der Waals surface area (Å²) in [6.45, 7) is 1.68. The molecule has 0 aromatic carbocycles. The average molecular weight is 309 g/mol. The van der Waals surface area contributed by atoms with E-state index in [1.54, 1.807) is 22.7 Å². The molecule has 2 atom stereocenters. The van der Waals surface area contributed by atoms with Crippen molar-refractivity contribution in [3.8, 4) is 0 Å². The zero-order valence-corrected chi connectivity index (χ0v) is 12.9. The Morgan fingerprint density at radius 3 is 2.80 bits per heavy atom. The molecule has 0 spiro atoms. The Morgan fingerprint density at radius 1 is 1.30 bits per heavy atom. The molecule has 20 heavy (non-hydrogen) atoms. The predicted molar refractivity (Wildman–Crippen MR) is 83.5 cm³/mol. The number of rotatable bonds is 6. The fourth-order valence-corrected chi connectivity index (χ4v) is 4.00. The van der Waals surface area contributed by atoms with Gasteiger partial charge in [-0.1, -0.05) is 12.1 Å². The Balaban J connectivity index is 1.66. The molecule has 0 radical (unpaired) electrons. The smallest absolute Gasteiger partial charge is 0.103 e.